The Morgan fingerprint density at radius 1 is 1.14 bits per heavy atom. The molecule has 1 fully saturated rings. The number of ether oxygens (including phenoxy) is 1. The molecule has 0 radical (unpaired) electrons. The maximum atomic E-state index is 11.0. The first-order chi connectivity index (χ1) is 13.7. The standard InChI is InChI=1S/C19H17ClN4O3S/c20-13-5-2-1-4-12(13)15(23-7-10-26-11-8-23)16-18(25)24-19(28-16)21-17(22-24)14-6-3-9-27-14/h1-6,9,15,25H,7-8,10-11H2. The normalized spacial score (nSPS) is 16.6. The Bertz CT molecular complexity index is 1100. The van der Waals surface area contributed by atoms with Gasteiger partial charge in [-0.15, -0.1) is 5.10 Å². The van der Waals surface area contributed by atoms with E-state index in [1.165, 1.54) is 15.9 Å². The molecule has 0 saturated carbocycles. The summed E-state index contributed by atoms with van der Waals surface area (Å²) >= 11 is 7.92. The molecule has 1 saturated heterocycles. The van der Waals surface area contributed by atoms with Gasteiger partial charge in [0.25, 0.3) is 0 Å². The molecule has 3 aromatic heterocycles. The largest absolute Gasteiger partial charge is 0.492 e. The molecule has 9 heteroatoms. The van der Waals surface area contributed by atoms with Crippen LogP contribution in [0.5, 0.6) is 5.88 Å². The third kappa shape index (κ3) is 2.98. The number of aromatic hydroxyl groups is 1. The van der Waals surface area contributed by atoms with Crippen LogP contribution in [0.4, 0.5) is 0 Å². The molecule has 0 bridgehead atoms. The summed E-state index contributed by atoms with van der Waals surface area (Å²) in [6, 6.07) is 11.1. The van der Waals surface area contributed by atoms with E-state index < -0.39 is 0 Å². The van der Waals surface area contributed by atoms with Gasteiger partial charge in [0.1, 0.15) is 0 Å². The first-order valence-corrected chi connectivity index (χ1v) is 10.1. The Morgan fingerprint density at radius 3 is 2.68 bits per heavy atom. The van der Waals surface area contributed by atoms with E-state index in [1.54, 1.807) is 18.4 Å². The predicted molar refractivity (Wildman–Crippen MR) is 106 cm³/mol. The summed E-state index contributed by atoms with van der Waals surface area (Å²) < 4.78 is 12.3. The summed E-state index contributed by atoms with van der Waals surface area (Å²) in [5.74, 6) is 1.08. The molecular weight excluding hydrogens is 400 g/mol. The van der Waals surface area contributed by atoms with Crippen molar-refractivity contribution in [3.05, 3.63) is 58.1 Å². The van der Waals surface area contributed by atoms with Gasteiger partial charge in [0.15, 0.2) is 5.76 Å². The van der Waals surface area contributed by atoms with Crippen molar-refractivity contribution in [2.75, 3.05) is 26.3 Å². The van der Waals surface area contributed by atoms with E-state index in [1.807, 2.05) is 24.3 Å². The molecule has 4 heterocycles. The highest BCUT2D eigenvalue weighted by Gasteiger charge is 2.32. The van der Waals surface area contributed by atoms with Crippen molar-refractivity contribution < 1.29 is 14.3 Å². The fraction of sp³-hybridized carbons (Fsp3) is 0.263. The minimum absolute atomic E-state index is 0.0710. The summed E-state index contributed by atoms with van der Waals surface area (Å²) in [6.45, 7) is 2.79. The number of benzene rings is 1. The average molecular weight is 417 g/mol. The summed E-state index contributed by atoms with van der Waals surface area (Å²) in [7, 11) is 0. The number of aromatic nitrogens is 3. The lowest BCUT2D eigenvalue weighted by molar-refractivity contribution is 0.0241. The van der Waals surface area contributed by atoms with Gasteiger partial charge in [-0.05, 0) is 23.8 Å². The van der Waals surface area contributed by atoms with Crippen LogP contribution in [0, 0.1) is 0 Å². The van der Waals surface area contributed by atoms with Gasteiger partial charge in [-0.2, -0.15) is 9.50 Å². The maximum absolute atomic E-state index is 11.0. The van der Waals surface area contributed by atoms with Gasteiger partial charge in [0.05, 0.1) is 30.4 Å². The summed E-state index contributed by atoms with van der Waals surface area (Å²) in [5.41, 5.74) is 0.942. The highest BCUT2D eigenvalue weighted by Crippen LogP contribution is 2.42. The number of furan rings is 1. The van der Waals surface area contributed by atoms with E-state index in [2.05, 4.69) is 15.0 Å². The lowest BCUT2D eigenvalue weighted by Gasteiger charge is -2.34. The first-order valence-electron chi connectivity index (χ1n) is 8.91. The third-order valence-corrected chi connectivity index (χ3v) is 6.22. The summed E-state index contributed by atoms with van der Waals surface area (Å²) in [6.07, 6.45) is 1.57. The molecule has 4 aromatic rings. The van der Waals surface area contributed by atoms with Crippen LogP contribution >= 0.6 is 22.9 Å². The predicted octanol–water partition coefficient (Wildman–Crippen LogP) is 3.83. The molecule has 1 aromatic carbocycles. The second-order valence-corrected chi connectivity index (χ2v) is 7.89. The van der Waals surface area contributed by atoms with Gasteiger partial charge in [0.2, 0.25) is 16.7 Å². The molecule has 0 amide bonds. The van der Waals surface area contributed by atoms with E-state index in [9.17, 15) is 5.11 Å². The fourth-order valence-electron chi connectivity index (χ4n) is 3.47. The monoisotopic (exact) mass is 416 g/mol. The smallest absolute Gasteiger partial charge is 0.230 e. The average Bonchev–Trinajstić information content (AvgIpc) is 3.43. The van der Waals surface area contributed by atoms with Crippen LogP contribution in [0.25, 0.3) is 16.5 Å². The molecule has 1 aliphatic rings. The van der Waals surface area contributed by atoms with Crippen LogP contribution in [0.2, 0.25) is 5.02 Å². The van der Waals surface area contributed by atoms with Crippen molar-refractivity contribution in [2.24, 2.45) is 0 Å². The number of hydrogen-bond donors (Lipinski definition) is 1. The van der Waals surface area contributed by atoms with Crippen LogP contribution in [0.1, 0.15) is 16.5 Å². The Hall–Kier alpha value is -2.39. The molecule has 0 spiro atoms. The number of fused-ring (bicyclic) bond motifs is 1. The van der Waals surface area contributed by atoms with Crippen LogP contribution in [0.3, 0.4) is 0 Å². The van der Waals surface area contributed by atoms with E-state index in [-0.39, 0.29) is 11.9 Å². The lowest BCUT2D eigenvalue weighted by atomic mass is 10.0. The minimum atomic E-state index is -0.196. The number of nitrogens with zero attached hydrogens (tertiary/aromatic N) is 4. The lowest BCUT2D eigenvalue weighted by Crippen LogP contribution is -2.39. The highest BCUT2D eigenvalue weighted by molar-refractivity contribution is 7.17. The van der Waals surface area contributed by atoms with Crippen molar-refractivity contribution in [1.82, 2.24) is 19.5 Å². The van der Waals surface area contributed by atoms with Crippen LogP contribution in [0.15, 0.2) is 47.1 Å². The van der Waals surface area contributed by atoms with E-state index in [0.717, 1.165) is 23.5 Å². The molecular formula is C19H17ClN4O3S. The Labute approximate surface area is 169 Å². The van der Waals surface area contributed by atoms with Crippen molar-refractivity contribution >= 4 is 27.9 Å². The quantitative estimate of drug-likeness (QED) is 0.545. The van der Waals surface area contributed by atoms with Gasteiger partial charge in [-0.25, -0.2) is 0 Å². The number of halogens is 1. The van der Waals surface area contributed by atoms with Gasteiger partial charge in [0, 0.05) is 18.1 Å². The minimum Gasteiger partial charge on any atom is -0.492 e. The molecule has 28 heavy (non-hydrogen) atoms. The fourth-order valence-corrected chi connectivity index (χ4v) is 4.82. The second kappa shape index (κ2) is 7.21. The molecule has 0 aliphatic carbocycles. The van der Waals surface area contributed by atoms with Crippen molar-refractivity contribution in [1.29, 1.82) is 0 Å². The molecule has 1 N–H and O–H groups in total. The topological polar surface area (TPSA) is 76.0 Å². The van der Waals surface area contributed by atoms with Gasteiger partial charge in [-0.3, -0.25) is 4.90 Å². The SMILES string of the molecule is Oc1c(C(c2ccccc2Cl)N2CCOCC2)sc2nc(-c3ccco3)nn12. The van der Waals surface area contributed by atoms with Crippen molar-refractivity contribution in [2.45, 2.75) is 6.04 Å². The Morgan fingerprint density at radius 2 is 1.96 bits per heavy atom. The third-order valence-electron chi connectivity index (χ3n) is 4.80. The van der Waals surface area contributed by atoms with Gasteiger partial charge < -0.3 is 14.3 Å². The maximum Gasteiger partial charge on any atom is 0.230 e. The number of morpholine rings is 1. The van der Waals surface area contributed by atoms with E-state index in [0.29, 0.717) is 34.8 Å². The molecule has 1 aliphatic heterocycles. The van der Waals surface area contributed by atoms with Crippen LogP contribution < -0.4 is 0 Å². The Kier molecular flexibility index (Phi) is 4.56. The van der Waals surface area contributed by atoms with E-state index in [4.69, 9.17) is 20.8 Å². The van der Waals surface area contributed by atoms with Crippen molar-refractivity contribution in [3.8, 4) is 17.5 Å². The molecule has 1 atom stereocenters. The number of hydrogen-bond acceptors (Lipinski definition) is 7. The van der Waals surface area contributed by atoms with E-state index >= 15 is 0 Å². The zero-order valence-electron chi connectivity index (χ0n) is 14.8. The number of rotatable bonds is 4. The summed E-state index contributed by atoms with van der Waals surface area (Å²) in [5, 5.41) is 16.1. The first kappa shape index (κ1) is 17.7. The van der Waals surface area contributed by atoms with Crippen molar-refractivity contribution in [3.63, 3.8) is 0 Å². The van der Waals surface area contributed by atoms with Gasteiger partial charge in [-0.1, -0.05) is 41.1 Å². The van der Waals surface area contributed by atoms with Crippen LogP contribution in [-0.4, -0.2) is 50.9 Å². The molecule has 5 rings (SSSR count). The number of thiazole rings is 1. The van der Waals surface area contributed by atoms with Crippen LogP contribution in [-0.2, 0) is 4.74 Å². The zero-order chi connectivity index (χ0) is 19.1. The second-order valence-electron chi connectivity index (χ2n) is 6.47. The zero-order valence-corrected chi connectivity index (χ0v) is 16.4. The molecule has 7 nitrogen and oxygen atoms in total. The highest BCUT2D eigenvalue weighted by atomic mass is 35.5. The Balaban J connectivity index is 1.62. The van der Waals surface area contributed by atoms with Gasteiger partial charge >= 0.3 is 0 Å². The molecule has 1 unspecified atom stereocenters. The molecule has 144 valence electrons. The summed E-state index contributed by atoms with van der Waals surface area (Å²) in [4.78, 5) is 8.15.